The summed E-state index contributed by atoms with van der Waals surface area (Å²) < 4.78 is 49.0. The summed E-state index contributed by atoms with van der Waals surface area (Å²) in [5.74, 6) is -0.315. The van der Waals surface area contributed by atoms with Gasteiger partial charge in [0, 0.05) is 13.2 Å². The molecule has 3 rings (SSSR count). The molecule has 0 radical (unpaired) electrons. The fraction of sp³-hybridized carbons (Fsp3) is 0.450. The first-order valence-electron chi connectivity index (χ1n) is 9.46. The first kappa shape index (κ1) is 22.6. The standard InChI is InChI=1S/C20H23F3N4O4/c1-19(2,29)11-31-18-25-15(16-8-9-24-26(16)3)10-17(28)27(18)13-4-6-14(7-5-13)30-12-20(21,22)23/h4-9,15,29H,10-12H2,1-3H3. The highest BCUT2D eigenvalue weighted by Gasteiger charge is 2.34. The molecule has 11 heteroatoms. The summed E-state index contributed by atoms with van der Waals surface area (Å²) in [4.78, 5) is 18.7. The van der Waals surface area contributed by atoms with Gasteiger partial charge in [0.2, 0.25) is 5.91 Å². The van der Waals surface area contributed by atoms with Crippen LogP contribution in [0.15, 0.2) is 41.5 Å². The lowest BCUT2D eigenvalue weighted by molar-refractivity contribution is -0.153. The van der Waals surface area contributed by atoms with Crippen LogP contribution >= 0.6 is 0 Å². The maximum absolute atomic E-state index is 13.0. The van der Waals surface area contributed by atoms with E-state index in [1.54, 1.807) is 37.8 Å². The molecule has 0 saturated heterocycles. The Labute approximate surface area is 176 Å². The molecule has 168 valence electrons. The zero-order valence-corrected chi connectivity index (χ0v) is 17.3. The third kappa shape index (κ3) is 5.97. The van der Waals surface area contributed by atoms with Crippen LogP contribution in [0.3, 0.4) is 0 Å². The van der Waals surface area contributed by atoms with E-state index in [1.807, 2.05) is 0 Å². The summed E-state index contributed by atoms with van der Waals surface area (Å²) in [5.41, 5.74) is -0.109. The number of rotatable bonds is 6. The van der Waals surface area contributed by atoms with E-state index in [0.717, 1.165) is 0 Å². The molecule has 1 N–H and O–H groups in total. The van der Waals surface area contributed by atoms with Crippen molar-refractivity contribution in [3.63, 3.8) is 0 Å². The van der Waals surface area contributed by atoms with Crippen molar-refractivity contribution >= 4 is 17.6 Å². The Bertz CT molecular complexity index is 949. The highest BCUT2D eigenvalue weighted by Crippen LogP contribution is 2.31. The number of hydrogen-bond acceptors (Lipinski definition) is 6. The summed E-state index contributed by atoms with van der Waals surface area (Å²) in [6.07, 6.45) is -2.81. The van der Waals surface area contributed by atoms with Crippen molar-refractivity contribution in [2.45, 2.75) is 38.1 Å². The molecular weight excluding hydrogens is 417 g/mol. The second-order valence-electron chi connectivity index (χ2n) is 7.74. The highest BCUT2D eigenvalue weighted by atomic mass is 19.4. The maximum atomic E-state index is 13.0. The molecule has 8 nitrogen and oxygen atoms in total. The van der Waals surface area contributed by atoms with Gasteiger partial charge >= 0.3 is 6.18 Å². The summed E-state index contributed by atoms with van der Waals surface area (Å²) >= 11 is 0. The molecule has 0 aliphatic carbocycles. The van der Waals surface area contributed by atoms with Crippen molar-refractivity contribution in [1.29, 1.82) is 0 Å². The smallest absolute Gasteiger partial charge is 0.422 e. The van der Waals surface area contributed by atoms with E-state index in [4.69, 9.17) is 9.47 Å². The van der Waals surface area contributed by atoms with Gasteiger partial charge in [-0.25, -0.2) is 9.89 Å². The molecule has 0 spiro atoms. The minimum Gasteiger partial charge on any atom is -0.484 e. The van der Waals surface area contributed by atoms with Crippen molar-refractivity contribution in [3.8, 4) is 5.75 Å². The van der Waals surface area contributed by atoms with Gasteiger partial charge in [-0.2, -0.15) is 18.3 Å². The lowest BCUT2D eigenvalue weighted by Crippen LogP contribution is -2.44. The number of carbonyl (C=O) groups excluding carboxylic acids is 1. The summed E-state index contributed by atoms with van der Waals surface area (Å²) in [6, 6.07) is 6.74. The van der Waals surface area contributed by atoms with E-state index in [9.17, 15) is 23.1 Å². The van der Waals surface area contributed by atoms with Gasteiger partial charge in [0.1, 0.15) is 18.4 Å². The highest BCUT2D eigenvalue weighted by molar-refractivity contribution is 6.15. The Morgan fingerprint density at radius 2 is 1.81 bits per heavy atom. The van der Waals surface area contributed by atoms with Crippen LogP contribution in [0.4, 0.5) is 18.9 Å². The molecule has 0 bridgehead atoms. The van der Waals surface area contributed by atoms with Crippen LogP contribution in [0.2, 0.25) is 0 Å². The van der Waals surface area contributed by atoms with Gasteiger partial charge in [-0.1, -0.05) is 0 Å². The lowest BCUT2D eigenvalue weighted by Gasteiger charge is -2.31. The third-order valence-electron chi connectivity index (χ3n) is 4.33. The van der Waals surface area contributed by atoms with Crippen LogP contribution in [0.1, 0.15) is 32.0 Å². The van der Waals surface area contributed by atoms with E-state index in [0.29, 0.717) is 11.4 Å². The number of carbonyl (C=O) groups is 1. The molecule has 1 aromatic heterocycles. The topological polar surface area (TPSA) is 89.2 Å². The Balaban J connectivity index is 1.87. The Hall–Kier alpha value is -3.08. The van der Waals surface area contributed by atoms with Crippen molar-refractivity contribution in [1.82, 2.24) is 9.78 Å². The van der Waals surface area contributed by atoms with E-state index >= 15 is 0 Å². The average Bonchev–Trinajstić information content (AvgIpc) is 3.10. The van der Waals surface area contributed by atoms with Crippen molar-refractivity contribution in [2.75, 3.05) is 18.1 Å². The molecule has 1 atom stereocenters. The molecule has 1 amide bonds. The maximum Gasteiger partial charge on any atom is 0.422 e. The number of nitrogens with zero attached hydrogens (tertiary/aromatic N) is 4. The lowest BCUT2D eigenvalue weighted by atomic mass is 10.1. The molecule has 2 heterocycles. The monoisotopic (exact) mass is 440 g/mol. The fourth-order valence-corrected chi connectivity index (χ4v) is 2.94. The first-order chi connectivity index (χ1) is 14.4. The molecular formula is C20H23F3N4O4. The number of halogens is 3. The number of hydrogen-bond donors (Lipinski definition) is 1. The zero-order valence-electron chi connectivity index (χ0n) is 17.3. The molecule has 31 heavy (non-hydrogen) atoms. The fourth-order valence-electron chi connectivity index (χ4n) is 2.94. The van der Waals surface area contributed by atoms with Crippen LogP contribution in [0.5, 0.6) is 5.75 Å². The van der Waals surface area contributed by atoms with E-state index in [1.165, 1.54) is 29.2 Å². The van der Waals surface area contributed by atoms with E-state index in [-0.39, 0.29) is 30.7 Å². The molecule has 1 aliphatic heterocycles. The van der Waals surface area contributed by atoms with Crippen molar-refractivity contribution < 1.29 is 32.5 Å². The number of anilines is 1. The molecule has 1 unspecified atom stereocenters. The van der Waals surface area contributed by atoms with Crippen LogP contribution < -0.4 is 9.64 Å². The van der Waals surface area contributed by atoms with E-state index in [2.05, 4.69) is 10.1 Å². The average molecular weight is 440 g/mol. The first-order valence-corrected chi connectivity index (χ1v) is 9.46. The second-order valence-corrected chi connectivity index (χ2v) is 7.74. The number of aliphatic imine (C=N–C) groups is 1. The number of aromatic nitrogens is 2. The van der Waals surface area contributed by atoms with Crippen LogP contribution in [-0.2, 0) is 16.6 Å². The van der Waals surface area contributed by atoms with Gasteiger partial charge in [0.15, 0.2) is 6.61 Å². The third-order valence-corrected chi connectivity index (χ3v) is 4.33. The largest absolute Gasteiger partial charge is 0.484 e. The number of amides is 1. The van der Waals surface area contributed by atoms with Crippen molar-refractivity contribution in [3.05, 3.63) is 42.2 Å². The SMILES string of the molecule is Cn1nccc1C1CC(=O)N(c2ccc(OCC(F)(F)F)cc2)C(OCC(C)(C)O)=N1. The normalized spacial score (nSPS) is 17.5. The number of aliphatic hydroxyl groups is 1. The summed E-state index contributed by atoms with van der Waals surface area (Å²) in [6.45, 7) is 1.56. The van der Waals surface area contributed by atoms with Crippen LogP contribution in [-0.4, -0.2) is 51.8 Å². The molecule has 1 aromatic carbocycles. The molecule has 1 aliphatic rings. The predicted octanol–water partition coefficient (Wildman–Crippen LogP) is 2.98. The molecule has 2 aromatic rings. The zero-order chi connectivity index (χ0) is 22.8. The quantitative estimate of drug-likeness (QED) is 0.746. The van der Waals surface area contributed by atoms with Crippen LogP contribution in [0, 0.1) is 0 Å². The number of ether oxygens (including phenoxy) is 2. The minimum absolute atomic E-state index is 0.00851. The number of alkyl halides is 3. The molecule has 0 saturated carbocycles. The van der Waals surface area contributed by atoms with Gasteiger partial charge in [-0.05, 0) is 44.2 Å². The van der Waals surface area contributed by atoms with Gasteiger partial charge in [-0.15, -0.1) is 0 Å². The number of benzene rings is 1. The Kier molecular flexibility index (Phi) is 6.25. The summed E-state index contributed by atoms with van der Waals surface area (Å²) in [7, 11) is 1.73. The van der Waals surface area contributed by atoms with Gasteiger partial charge in [0.25, 0.3) is 6.02 Å². The van der Waals surface area contributed by atoms with Gasteiger partial charge in [0.05, 0.1) is 23.4 Å². The Morgan fingerprint density at radius 1 is 1.13 bits per heavy atom. The second kappa shape index (κ2) is 8.58. The van der Waals surface area contributed by atoms with Gasteiger partial charge in [-0.3, -0.25) is 9.48 Å². The molecule has 0 fully saturated rings. The number of amidine groups is 1. The van der Waals surface area contributed by atoms with Crippen LogP contribution in [0.25, 0.3) is 0 Å². The minimum atomic E-state index is -4.45. The summed E-state index contributed by atoms with van der Waals surface area (Å²) in [5, 5.41) is 14.1. The Morgan fingerprint density at radius 3 is 2.35 bits per heavy atom. The van der Waals surface area contributed by atoms with E-state index < -0.39 is 24.4 Å². The van der Waals surface area contributed by atoms with Crippen molar-refractivity contribution in [2.24, 2.45) is 12.0 Å². The predicted molar refractivity (Wildman–Crippen MR) is 106 cm³/mol. The van der Waals surface area contributed by atoms with Gasteiger partial charge < -0.3 is 14.6 Å². The number of aryl methyl sites for hydroxylation is 1.